The van der Waals surface area contributed by atoms with Gasteiger partial charge in [0.1, 0.15) is 0 Å². The molecule has 270 valence electrons. The van der Waals surface area contributed by atoms with Crippen LogP contribution in [0.15, 0.2) is 96.4 Å². The molecule has 8 rings (SSSR count). The molecule has 1 aromatic heterocycles. The molecule has 0 unspecified atom stereocenters. The van der Waals surface area contributed by atoms with Crippen molar-refractivity contribution in [3.63, 3.8) is 0 Å². The topological polar surface area (TPSA) is 6.48 Å². The fraction of sp³-hybridized carbons (Fsp3) is 0.347. The van der Waals surface area contributed by atoms with Crippen LogP contribution in [0.2, 0.25) is 0 Å². The van der Waals surface area contributed by atoms with Gasteiger partial charge in [0, 0.05) is 38.8 Å². The summed E-state index contributed by atoms with van der Waals surface area (Å²) in [5.74, 6) is 0. The van der Waals surface area contributed by atoms with Gasteiger partial charge in [-0.25, -0.2) is 0 Å². The fourth-order valence-electron chi connectivity index (χ4n) is 8.43. The van der Waals surface area contributed by atoms with E-state index in [-0.39, 0.29) is 28.4 Å². The molecule has 4 heteroatoms. The quantitative estimate of drug-likeness (QED) is 0.165. The standard InChI is InChI=1S/C49H55BN2S/c1-30-14-23-40-38(24-30)50-39-27-36-37(49(11,12)13)29-53-44(36)28-41(39)52(35-21-17-32(18-22-35)47(5,6)7)43-26-33(48(8,9)10)25-42(45(43)50)51(40)34-19-15-31(16-20-34)46(2,3)4/h14-29H,1-13H3. The average molecular weight is 715 g/mol. The minimum absolute atomic E-state index is 0.0470. The lowest BCUT2D eigenvalue weighted by molar-refractivity contribution is 0.590. The van der Waals surface area contributed by atoms with Crippen molar-refractivity contribution in [1.29, 1.82) is 0 Å². The van der Waals surface area contributed by atoms with E-state index in [0.29, 0.717) is 0 Å². The molecule has 2 aliphatic rings. The van der Waals surface area contributed by atoms with Crippen LogP contribution in [0, 0.1) is 6.92 Å². The Morgan fingerprint density at radius 3 is 1.45 bits per heavy atom. The maximum atomic E-state index is 2.59. The number of anilines is 6. The fourth-order valence-corrected chi connectivity index (χ4v) is 9.63. The number of benzene rings is 5. The highest BCUT2D eigenvalue weighted by atomic mass is 32.1. The Bertz CT molecular complexity index is 2390. The second kappa shape index (κ2) is 11.9. The summed E-state index contributed by atoms with van der Waals surface area (Å²) in [5, 5.41) is 3.78. The molecule has 53 heavy (non-hydrogen) atoms. The number of hydrogen-bond donors (Lipinski definition) is 0. The molecule has 0 N–H and O–H groups in total. The van der Waals surface area contributed by atoms with Gasteiger partial charge < -0.3 is 9.80 Å². The summed E-state index contributed by atoms with van der Waals surface area (Å²) < 4.78 is 1.35. The summed E-state index contributed by atoms with van der Waals surface area (Å²) in [6.45, 7) is 30.2. The van der Waals surface area contributed by atoms with E-state index in [1.807, 2.05) is 11.3 Å². The molecule has 5 aromatic carbocycles. The minimum Gasteiger partial charge on any atom is -0.311 e. The van der Waals surface area contributed by atoms with Crippen molar-refractivity contribution in [2.75, 3.05) is 9.80 Å². The summed E-state index contributed by atoms with van der Waals surface area (Å²) in [7, 11) is 0. The predicted molar refractivity (Wildman–Crippen MR) is 235 cm³/mol. The molecule has 0 amide bonds. The summed E-state index contributed by atoms with van der Waals surface area (Å²) in [6.07, 6.45) is 0. The van der Waals surface area contributed by atoms with Crippen LogP contribution in [-0.4, -0.2) is 6.71 Å². The Morgan fingerprint density at radius 2 is 0.962 bits per heavy atom. The van der Waals surface area contributed by atoms with E-state index in [2.05, 4.69) is 196 Å². The van der Waals surface area contributed by atoms with Gasteiger partial charge in [0.05, 0.1) is 0 Å². The van der Waals surface area contributed by atoms with Crippen LogP contribution in [-0.2, 0) is 21.7 Å². The maximum Gasteiger partial charge on any atom is 0.252 e. The van der Waals surface area contributed by atoms with E-state index in [4.69, 9.17) is 0 Å². The first kappa shape index (κ1) is 35.7. The lowest BCUT2D eigenvalue weighted by Gasteiger charge is -2.45. The molecule has 0 radical (unpaired) electrons. The third-order valence-electron chi connectivity index (χ3n) is 11.6. The van der Waals surface area contributed by atoms with Gasteiger partial charge in [-0.05, 0) is 127 Å². The van der Waals surface area contributed by atoms with Crippen LogP contribution in [0.4, 0.5) is 34.1 Å². The van der Waals surface area contributed by atoms with Crippen molar-refractivity contribution in [2.45, 2.75) is 112 Å². The first-order valence-electron chi connectivity index (χ1n) is 19.4. The Morgan fingerprint density at radius 1 is 0.472 bits per heavy atom. The number of rotatable bonds is 2. The van der Waals surface area contributed by atoms with Crippen molar-refractivity contribution in [2.24, 2.45) is 0 Å². The highest BCUT2D eigenvalue weighted by Gasteiger charge is 2.44. The number of fused-ring (bicyclic) bond motifs is 5. The van der Waals surface area contributed by atoms with Crippen LogP contribution in [0.1, 0.15) is 111 Å². The van der Waals surface area contributed by atoms with Crippen molar-refractivity contribution in [3.05, 3.63) is 124 Å². The van der Waals surface area contributed by atoms with Crippen molar-refractivity contribution in [3.8, 4) is 0 Å². The third-order valence-corrected chi connectivity index (χ3v) is 12.5. The summed E-state index contributed by atoms with van der Waals surface area (Å²) in [5.41, 5.74) is 18.5. The zero-order chi connectivity index (χ0) is 38.0. The van der Waals surface area contributed by atoms with Crippen LogP contribution < -0.4 is 26.2 Å². The highest BCUT2D eigenvalue weighted by molar-refractivity contribution is 7.17. The van der Waals surface area contributed by atoms with Crippen LogP contribution in [0.5, 0.6) is 0 Å². The van der Waals surface area contributed by atoms with E-state index in [0.717, 1.165) is 0 Å². The summed E-state index contributed by atoms with van der Waals surface area (Å²) in [6, 6.07) is 35.9. The van der Waals surface area contributed by atoms with Gasteiger partial charge in [-0.1, -0.05) is 131 Å². The molecule has 6 aromatic rings. The summed E-state index contributed by atoms with van der Waals surface area (Å²) in [4.78, 5) is 5.14. The third kappa shape index (κ3) is 5.93. The molecule has 0 spiro atoms. The van der Waals surface area contributed by atoms with Gasteiger partial charge >= 0.3 is 0 Å². The lowest BCUT2D eigenvalue weighted by atomic mass is 9.33. The van der Waals surface area contributed by atoms with Gasteiger partial charge in [0.25, 0.3) is 6.71 Å². The van der Waals surface area contributed by atoms with Crippen LogP contribution in [0.3, 0.4) is 0 Å². The smallest absolute Gasteiger partial charge is 0.252 e. The second-order valence-corrected chi connectivity index (χ2v) is 20.7. The second-order valence-electron chi connectivity index (χ2n) is 19.7. The Hall–Kier alpha value is -4.28. The number of thiophene rings is 1. The average Bonchev–Trinajstić information content (AvgIpc) is 3.50. The first-order valence-corrected chi connectivity index (χ1v) is 20.3. The molecule has 2 aliphatic heterocycles. The highest BCUT2D eigenvalue weighted by Crippen LogP contribution is 2.48. The van der Waals surface area contributed by atoms with Gasteiger partial charge in [0.15, 0.2) is 0 Å². The SMILES string of the molecule is Cc1ccc2c(c1)B1c3cc4c(C(C)(C)C)csc4cc3N(c3ccc(C(C)(C)C)cc3)c3cc(C(C)(C)C)cc(c31)N2c1ccc(C(C)(C)C)cc1. The first-order chi connectivity index (χ1) is 24.7. The normalized spacial score (nSPS) is 14.4. The van der Waals surface area contributed by atoms with Gasteiger partial charge in [-0.15, -0.1) is 11.3 Å². The Labute approximate surface area is 323 Å². The summed E-state index contributed by atoms with van der Waals surface area (Å²) >= 11 is 1.88. The van der Waals surface area contributed by atoms with E-state index in [9.17, 15) is 0 Å². The van der Waals surface area contributed by atoms with Crippen molar-refractivity contribution in [1.82, 2.24) is 0 Å². The van der Waals surface area contributed by atoms with E-state index < -0.39 is 0 Å². The molecule has 0 atom stereocenters. The number of hydrogen-bond acceptors (Lipinski definition) is 3. The Balaban J connectivity index is 1.49. The van der Waals surface area contributed by atoms with Crippen LogP contribution >= 0.6 is 11.3 Å². The van der Waals surface area contributed by atoms with Gasteiger partial charge in [-0.2, -0.15) is 0 Å². The van der Waals surface area contributed by atoms with Gasteiger partial charge in [0.2, 0.25) is 0 Å². The Kier molecular flexibility index (Phi) is 8.00. The molecule has 0 saturated heterocycles. The molecule has 0 aliphatic carbocycles. The van der Waals surface area contributed by atoms with Crippen LogP contribution in [0.25, 0.3) is 10.1 Å². The predicted octanol–water partition coefficient (Wildman–Crippen LogP) is 12.5. The molecule has 0 fully saturated rings. The zero-order valence-corrected chi connectivity index (χ0v) is 34.9. The molecule has 0 saturated carbocycles. The molecule has 3 heterocycles. The van der Waals surface area contributed by atoms with Crippen molar-refractivity contribution >= 4 is 78.6 Å². The lowest BCUT2D eigenvalue weighted by Crippen LogP contribution is -2.61. The molecule has 0 bridgehead atoms. The maximum absolute atomic E-state index is 2.59. The van der Waals surface area contributed by atoms with E-state index in [1.165, 1.54) is 88.4 Å². The largest absolute Gasteiger partial charge is 0.311 e. The zero-order valence-electron chi connectivity index (χ0n) is 34.1. The molecule has 2 nitrogen and oxygen atoms in total. The van der Waals surface area contributed by atoms with E-state index >= 15 is 0 Å². The minimum atomic E-state index is -0.0578. The molecular weight excluding hydrogens is 659 g/mol. The molecular formula is C49H55BN2S. The number of nitrogens with zero attached hydrogens (tertiary/aromatic N) is 2. The van der Waals surface area contributed by atoms with Crippen molar-refractivity contribution < 1.29 is 0 Å². The number of aryl methyl sites for hydroxylation is 1. The monoisotopic (exact) mass is 714 g/mol. The van der Waals surface area contributed by atoms with E-state index in [1.54, 1.807) is 0 Å². The van der Waals surface area contributed by atoms with Gasteiger partial charge in [-0.3, -0.25) is 0 Å².